The number of hydrogen-bond acceptors (Lipinski definition) is 2. The smallest absolute Gasteiger partial charge is 0.110 e. The van der Waals surface area contributed by atoms with Crippen LogP contribution in [0.15, 0.2) is 18.2 Å². The number of benzene rings is 1. The summed E-state index contributed by atoms with van der Waals surface area (Å²) in [5, 5.41) is 4.04. The molecule has 1 saturated heterocycles. The van der Waals surface area contributed by atoms with E-state index in [1.807, 2.05) is 18.2 Å². The molecule has 2 heterocycles. The number of aromatic nitrogens is 2. The Morgan fingerprint density at radius 2 is 2.25 bits per heavy atom. The molecule has 0 amide bonds. The first-order chi connectivity index (χ1) is 7.74. The van der Waals surface area contributed by atoms with Crippen LogP contribution in [-0.2, 0) is 0 Å². The van der Waals surface area contributed by atoms with Crippen LogP contribution >= 0.6 is 11.6 Å². The first kappa shape index (κ1) is 10.1. The van der Waals surface area contributed by atoms with Crippen LogP contribution in [0.2, 0.25) is 5.02 Å². The van der Waals surface area contributed by atoms with Gasteiger partial charge < -0.3 is 10.3 Å². The number of halogens is 1. The number of hydrogen-bond donors (Lipinski definition) is 2. The summed E-state index contributed by atoms with van der Waals surface area (Å²) in [5.41, 5.74) is 2.03. The van der Waals surface area contributed by atoms with E-state index in [1.165, 1.54) is 0 Å². The summed E-state index contributed by atoms with van der Waals surface area (Å²) in [7, 11) is 0. The molecule has 1 aromatic carbocycles. The van der Waals surface area contributed by atoms with Gasteiger partial charge in [-0.1, -0.05) is 18.5 Å². The Morgan fingerprint density at radius 3 is 2.94 bits per heavy atom. The molecule has 1 aliphatic rings. The van der Waals surface area contributed by atoms with E-state index >= 15 is 0 Å². The van der Waals surface area contributed by atoms with Crippen molar-refractivity contribution in [3.8, 4) is 0 Å². The van der Waals surface area contributed by atoms with Gasteiger partial charge >= 0.3 is 0 Å². The lowest BCUT2D eigenvalue weighted by Gasteiger charge is -2.31. The Morgan fingerprint density at radius 1 is 1.44 bits per heavy atom. The van der Waals surface area contributed by atoms with Crippen molar-refractivity contribution in [3.05, 3.63) is 29.0 Å². The van der Waals surface area contributed by atoms with Crippen LogP contribution in [-0.4, -0.2) is 23.1 Å². The highest BCUT2D eigenvalue weighted by molar-refractivity contribution is 6.31. The minimum atomic E-state index is 0.479. The summed E-state index contributed by atoms with van der Waals surface area (Å²) in [6, 6.07) is 5.77. The highest BCUT2D eigenvalue weighted by atomic mass is 35.5. The van der Waals surface area contributed by atoms with Crippen molar-refractivity contribution in [1.82, 2.24) is 15.3 Å². The average Bonchev–Trinajstić information content (AvgIpc) is 2.57. The summed E-state index contributed by atoms with van der Waals surface area (Å²) >= 11 is 5.95. The van der Waals surface area contributed by atoms with Gasteiger partial charge in [-0.3, -0.25) is 0 Å². The van der Waals surface area contributed by atoms with Gasteiger partial charge in [0, 0.05) is 10.9 Å². The summed E-state index contributed by atoms with van der Waals surface area (Å²) in [6.07, 6.45) is 0. The van der Waals surface area contributed by atoms with Crippen LogP contribution in [0, 0.1) is 5.92 Å². The van der Waals surface area contributed by atoms with Gasteiger partial charge in [0.15, 0.2) is 0 Å². The lowest BCUT2D eigenvalue weighted by Crippen LogP contribution is -2.44. The molecule has 0 bridgehead atoms. The summed E-state index contributed by atoms with van der Waals surface area (Å²) < 4.78 is 0. The maximum Gasteiger partial charge on any atom is 0.110 e. The van der Waals surface area contributed by atoms with Crippen LogP contribution in [0.5, 0.6) is 0 Å². The molecular weight excluding hydrogens is 222 g/mol. The van der Waals surface area contributed by atoms with Crippen molar-refractivity contribution in [1.29, 1.82) is 0 Å². The zero-order chi connectivity index (χ0) is 11.1. The topological polar surface area (TPSA) is 40.7 Å². The monoisotopic (exact) mass is 235 g/mol. The minimum Gasteiger partial charge on any atom is -0.342 e. The molecule has 2 aromatic rings. The Bertz CT molecular complexity index is 516. The van der Waals surface area contributed by atoms with Crippen LogP contribution < -0.4 is 5.32 Å². The summed E-state index contributed by atoms with van der Waals surface area (Å²) in [6.45, 7) is 4.42. The lowest BCUT2D eigenvalue weighted by atomic mass is 9.88. The minimum absolute atomic E-state index is 0.479. The molecule has 0 aliphatic carbocycles. The number of rotatable bonds is 2. The second-order valence-electron chi connectivity index (χ2n) is 4.49. The van der Waals surface area contributed by atoms with Crippen LogP contribution in [0.4, 0.5) is 0 Å². The zero-order valence-electron chi connectivity index (χ0n) is 9.13. The second-order valence-corrected chi connectivity index (χ2v) is 4.93. The van der Waals surface area contributed by atoms with Crippen molar-refractivity contribution in [2.45, 2.75) is 12.8 Å². The maximum atomic E-state index is 5.95. The Balaban J connectivity index is 1.97. The quantitative estimate of drug-likeness (QED) is 0.840. The summed E-state index contributed by atoms with van der Waals surface area (Å²) in [4.78, 5) is 7.98. The first-order valence-corrected chi connectivity index (χ1v) is 5.98. The fraction of sp³-hybridized carbons (Fsp3) is 0.417. The average molecular weight is 236 g/mol. The molecule has 1 unspecified atom stereocenters. The van der Waals surface area contributed by atoms with Gasteiger partial charge in [-0.05, 0) is 37.2 Å². The van der Waals surface area contributed by atoms with E-state index in [-0.39, 0.29) is 0 Å². The SMILES string of the molecule is CC(c1nc2ccc(Cl)cc2[nH]1)C1CNC1. The lowest BCUT2D eigenvalue weighted by molar-refractivity contribution is 0.297. The summed E-state index contributed by atoms with van der Waals surface area (Å²) in [5.74, 6) is 2.26. The molecule has 0 saturated carbocycles. The molecule has 3 nitrogen and oxygen atoms in total. The maximum absolute atomic E-state index is 5.95. The molecule has 1 atom stereocenters. The molecular formula is C12H14ClN3. The van der Waals surface area contributed by atoms with E-state index in [1.54, 1.807) is 0 Å². The highest BCUT2D eigenvalue weighted by Gasteiger charge is 2.26. The van der Waals surface area contributed by atoms with Crippen LogP contribution in [0.25, 0.3) is 11.0 Å². The van der Waals surface area contributed by atoms with Gasteiger partial charge in [-0.15, -0.1) is 0 Å². The van der Waals surface area contributed by atoms with E-state index in [9.17, 15) is 0 Å². The fourth-order valence-corrected chi connectivity index (χ4v) is 2.28. The molecule has 0 spiro atoms. The molecule has 3 rings (SSSR count). The Hall–Kier alpha value is -1.06. The van der Waals surface area contributed by atoms with Gasteiger partial charge in [0.2, 0.25) is 0 Å². The van der Waals surface area contributed by atoms with Gasteiger partial charge in [-0.25, -0.2) is 4.98 Å². The van der Waals surface area contributed by atoms with Crippen molar-refractivity contribution < 1.29 is 0 Å². The van der Waals surface area contributed by atoms with E-state index < -0.39 is 0 Å². The fourth-order valence-electron chi connectivity index (χ4n) is 2.11. The normalized spacial score (nSPS) is 18.6. The van der Waals surface area contributed by atoms with Crippen molar-refractivity contribution in [2.75, 3.05) is 13.1 Å². The van der Waals surface area contributed by atoms with Crippen molar-refractivity contribution in [3.63, 3.8) is 0 Å². The standard InChI is InChI=1S/C12H14ClN3/c1-7(8-5-14-6-8)12-15-10-3-2-9(13)4-11(10)16-12/h2-4,7-8,14H,5-6H2,1H3,(H,15,16). The molecule has 1 aliphatic heterocycles. The zero-order valence-corrected chi connectivity index (χ0v) is 9.88. The number of fused-ring (bicyclic) bond motifs is 1. The number of aromatic amines is 1. The predicted molar refractivity (Wildman–Crippen MR) is 65.9 cm³/mol. The third-order valence-electron chi connectivity index (χ3n) is 3.41. The first-order valence-electron chi connectivity index (χ1n) is 5.60. The number of imidazole rings is 1. The van der Waals surface area contributed by atoms with Gasteiger partial charge in [0.05, 0.1) is 11.0 Å². The number of nitrogens with zero attached hydrogens (tertiary/aromatic N) is 1. The number of nitrogens with one attached hydrogen (secondary N) is 2. The van der Waals surface area contributed by atoms with E-state index in [0.29, 0.717) is 11.8 Å². The predicted octanol–water partition coefficient (Wildman–Crippen LogP) is 2.54. The number of H-pyrrole nitrogens is 1. The Labute approximate surface area is 99.2 Å². The molecule has 1 fully saturated rings. The molecule has 16 heavy (non-hydrogen) atoms. The Kier molecular flexibility index (Phi) is 2.37. The molecule has 2 N–H and O–H groups in total. The van der Waals surface area contributed by atoms with Gasteiger partial charge in [0.1, 0.15) is 5.82 Å². The van der Waals surface area contributed by atoms with Crippen LogP contribution in [0.1, 0.15) is 18.7 Å². The van der Waals surface area contributed by atoms with Crippen molar-refractivity contribution in [2.24, 2.45) is 5.92 Å². The third-order valence-corrected chi connectivity index (χ3v) is 3.65. The highest BCUT2D eigenvalue weighted by Crippen LogP contribution is 2.27. The van der Waals surface area contributed by atoms with E-state index in [2.05, 4.69) is 22.2 Å². The molecule has 84 valence electrons. The van der Waals surface area contributed by atoms with Gasteiger partial charge in [0.25, 0.3) is 0 Å². The van der Waals surface area contributed by atoms with E-state index in [4.69, 9.17) is 11.6 Å². The van der Waals surface area contributed by atoms with Crippen molar-refractivity contribution >= 4 is 22.6 Å². The van der Waals surface area contributed by atoms with E-state index in [0.717, 1.165) is 35.0 Å². The largest absolute Gasteiger partial charge is 0.342 e. The molecule has 4 heteroatoms. The molecule has 1 aromatic heterocycles. The molecule has 0 radical (unpaired) electrons. The second kappa shape index (κ2) is 3.75. The van der Waals surface area contributed by atoms with Crippen LogP contribution in [0.3, 0.4) is 0 Å². The van der Waals surface area contributed by atoms with Gasteiger partial charge in [-0.2, -0.15) is 0 Å². The third kappa shape index (κ3) is 1.60.